The summed E-state index contributed by atoms with van der Waals surface area (Å²) in [7, 11) is 0. The van der Waals surface area contributed by atoms with E-state index in [1.54, 1.807) is 0 Å². The first-order chi connectivity index (χ1) is 14.6. The van der Waals surface area contributed by atoms with Crippen molar-refractivity contribution in [3.8, 4) is 18.2 Å². The third kappa shape index (κ3) is 2.78. The average Bonchev–Trinajstić information content (AvgIpc) is 3.33. The highest BCUT2D eigenvalue weighted by Crippen LogP contribution is 2.68. The number of thiophene rings is 1. The van der Waals surface area contributed by atoms with Crippen molar-refractivity contribution < 1.29 is 9.47 Å². The van der Waals surface area contributed by atoms with Gasteiger partial charge in [0.25, 0.3) is 0 Å². The molecular weight excluding hydrogens is 396 g/mol. The molecule has 3 fully saturated rings. The maximum absolute atomic E-state index is 10.5. The zero-order valence-electron chi connectivity index (χ0n) is 17.0. The minimum absolute atomic E-state index is 0.271. The van der Waals surface area contributed by atoms with Gasteiger partial charge in [-0.15, -0.1) is 11.3 Å². The zero-order chi connectivity index (χ0) is 21.2. The molecule has 4 unspecified atom stereocenters. The van der Waals surface area contributed by atoms with Crippen LogP contribution in [0.2, 0.25) is 0 Å². The van der Waals surface area contributed by atoms with Gasteiger partial charge in [0.1, 0.15) is 6.10 Å². The summed E-state index contributed by atoms with van der Waals surface area (Å²) in [5.74, 6) is -1.90. The minimum Gasteiger partial charge on any atom is -0.447 e. The minimum atomic E-state index is -1.83. The predicted molar refractivity (Wildman–Crippen MR) is 111 cm³/mol. The summed E-state index contributed by atoms with van der Waals surface area (Å²) in [5, 5.41) is 41.6. The number of rotatable bonds is 1. The molecule has 0 aromatic carbocycles. The molecule has 6 nitrogen and oxygen atoms in total. The van der Waals surface area contributed by atoms with Gasteiger partial charge >= 0.3 is 0 Å². The lowest BCUT2D eigenvalue weighted by Crippen LogP contribution is -2.59. The standard InChI is InChI=1S/C23H26N4O2S/c24-14-21(15-25)19(17-10-9-13-30-17)28-23-12-8-6-4-2-1-3-5-7-11-18(23)22(21,16-26)20(27)29-23/h9-10,13,18-19,27H,1-8,11-12H2. The third-order valence-electron chi connectivity index (χ3n) is 7.12. The van der Waals surface area contributed by atoms with Crippen LogP contribution in [0.25, 0.3) is 0 Å². The van der Waals surface area contributed by atoms with Gasteiger partial charge in [-0.05, 0) is 24.3 Å². The normalized spacial score (nSPS) is 36.0. The molecule has 156 valence electrons. The second kappa shape index (κ2) is 8.03. The molecule has 1 saturated carbocycles. The second-order valence-electron chi connectivity index (χ2n) is 8.63. The van der Waals surface area contributed by atoms with Gasteiger partial charge in [0, 0.05) is 11.3 Å². The van der Waals surface area contributed by atoms with Crippen LogP contribution >= 0.6 is 11.3 Å². The predicted octanol–water partition coefficient (Wildman–Crippen LogP) is 5.60. The highest BCUT2D eigenvalue weighted by Gasteiger charge is 2.80. The van der Waals surface area contributed by atoms with Crippen LogP contribution in [0.1, 0.15) is 75.2 Å². The van der Waals surface area contributed by atoms with E-state index >= 15 is 0 Å². The summed E-state index contributed by atoms with van der Waals surface area (Å²) >= 11 is 1.40. The van der Waals surface area contributed by atoms with E-state index in [1.807, 2.05) is 17.5 Å². The van der Waals surface area contributed by atoms with Gasteiger partial charge in [0.05, 0.1) is 24.1 Å². The summed E-state index contributed by atoms with van der Waals surface area (Å²) in [5.41, 5.74) is -3.46. The molecule has 3 heterocycles. The molecule has 2 aliphatic heterocycles. The fraction of sp³-hybridized carbons (Fsp3) is 0.652. The Balaban J connectivity index is 1.87. The Labute approximate surface area is 181 Å². The fourth-order valence-corrected chi connectivity index (χ4v) is 6.44. The summed E-state index contributed by atoms with van der Waals surface area (Å²) in [6.07, 6.45) is 8.79. The van der Waals surface area contributed by atoms with E-state index in [1.165, 1.54) is 24.2 Å². The lowest BCUT2D eigenvalue weighted by molar-refractivity contribution is -0.287. The van der Waals surface area contributed by atoms with Crippen molar-refractivity contribution in [2.24, 2.45) is 16.7 Å². The number of nitrogens with one attached hydrogen (secondary N) is 1. The smallest absolute Gasteiger partial charge is 0.217 e. The molecule has 4 atom stereocenters. The molecule has 1 aromatic rings. The Morgan fingerprint density at radius 1 is 0.967 bits per heavy atom. The molecule has 1 aliphatic carbocycles. The topological polar surface area (TPSA) is 114 Å². The Hall–Kier alpha value is -2.40. The lowest BCUT2D eigenvalue weighted by atomic mass is 9.53. The van der Waals surface area contributed by atoms with Crippen molar-refractivity contribution in [2.75, 3.05) is 0 Å². The number of ether oxygens (including phenoxy) is 2. The van der Waals surface area contributed by atoms with Gasteiger partial charge in [-0.2, -0.15) is 15.8 Å². The summed E-state index contributed by atoms with van der Waals surface area (Å²) in [4.78, 5) is 0.722. The molecule has 0 amide bonds. The van der Waals surface area contributed by atoms with Gasteiger partial charge in [-0.1, -0.05) is 51.0 Å². The van der Waals surface area contributed by atoms with Gasteiger partial charge in [0.2, 0.25) is 17.1 Å². The molecule has 2 bridgehead atoms. The van der Waals surface area contributed by atoms with Crippen LogP contribution in [0.3, 0.4) is 0 Å². The monoisotopic (exact) mass is 422 g/mol. The lowest BCUT2D eigenvalue weighted by Gasteiger charge is -2.49. The van der Waals surface area contributed by atoms with E-state index in [2.05, 4.69) is 18.2 Å². The number of nitriles is 3. The van der Waals surface area contributed by atoms with Crippen LogP contribution in [0, 0.1) is 56.2 Å². The van der Waals surface area contributed by atoms with Crippen molar-refractivity contribution >= 4 is 17.2 Å². The van der Waals surface area contributed by atoms with E-state index < -0.39 is 28.6 Å². The van der Waals surface area contributed by atoms with Crippen LogP contribution in [0.4, 0.5) is 0 Å². The van der Waals surface area contributed by atoms with Gasteiger partial charge in [-0.3, -0.25) is 5.41 Å². The van der Waals surface area contributed by atoms with Crippen LogP contribution in [0.15, 0.2) is 17.5 Å². The van der Waals surface area contributed by atoms with Crippen LogP contribution in [-0.2, 0) is 9.47 Å². The Morgan fingerprint density at radius 3 is 2.23 bits per heavy atom. The number of hydrogen-bond donors (Lipinski definition) is 1. The SMILES string of the molecule is N#CC1(C#N)C(c2cccs2)OC23CCCCCCCCCCC2C1(C#N)C(=N)O3. The Morgan fingerprint density at radius 2 is 1.63 bits per heavy atom. The first-order valence-electron chi connectivity index (χ1n) is 10.8. The molecule has 0 radical (unpaired) electrons. The van der Waals surface area contributed by atoms with Gasteiger partial charge < -0.3 is 9.47 Å². The Kier molecular flexibility index (Phi) is 5.58. The molecule has 1 aromatic heterocycles. The maximum atomic E-state index is 10.5. The van der Waals surface area contributed by atoms with Crippen molar-refractivity contribution in [2.45, 2.75) is 76.1 Å². The van der Waals surface area contributed by atoms with E-state index in [-0.39, 0.29) is 5.90 Å². The van der Waals surface area contributed by atoms with E-state index in [0.29, 0.717) is 12.8 Å². The van der Waals surface area contributed by atoms with E-state index in [4.69, 9.17) is 14.9 Å². The van der Waals surface area contributed by atoms with Crippen LogP contribution in [0.5, 0.6) is 0 Å². The zero-order valence-corrected chi connectivity index (χ0v) is 17.8. The summed E-state index contributed by atoms with van der Waals surface area (Å²) in [6.45, 7) is 0. The number of nitrogens with zero attached hydrogens (tertiary/aromatic N) is 3. The molecular formula is C23H26N4O2S. The van der Waals surface area contributed by atoms with Crippen LogP contribution < -0.4 is 0 Å². The van der Waals surface area contributed by atoms with Crippen LogP contribution in [-0.4, -0.2) is 11.7 Å². The quantitative estimate of drug-likeness (QED) is 0.633. The van der Waals surface area contributed by atoms with Crippen molar-refractivity contribution in [3.63, 3.8) is 0 Å². The highest BCUT2D eigenvalue weighted by atomic mass is 32.1. The molecule has 7 heteroatoms. The largest absolute Gasteiger partial charge is 0.447 e. The molecule has 1 N–H and O–H groups in total. The molecule has 3 aliphatic rings. The summed E-state index contributed by atoms with van der Waals surface area (Å²) in [6, 6.07) is 10.3. The average molecular weight is 423 g/mol. The van der Waals surface area contributed by atoms with Crippen molar-refractivity contribution in [3.05, 3.63) is 22.4 Å². The van der Waals surface area contributed by atoms with Crippen molar-refractivity contribution in [1.29, 1.82) is 21.2 Å². The van der Waals surface area contributed by atoms with Crippen molar-refractivity contribution in [1.82, 2.24) is 0 Å². The van der Waals surface area contributed by atoms with Gasteiger partial charge in [-0.25, -0.2) is 0 Å². The highest BCUT2D eigenvalue weighted by molar-refractivity contribution is 7.10. The second-order valence-corrected chi connectivity index (χ2v) is 9.61. The van der Waals surface area contributed by atoms with Gasteiger partial charge in [0.15, 0.2) is 5.41 Å². The van der Waals surface area contributed by atoms with E-state index in [9.17, 15) is 15.8 Å². The maximum Gasteiger partial charge on any atom is 0.217 e. The first kappa shape index (κ1) is 20.9. The Bertz CT molecular complexity index is 910. The van der Waals surface area contributed by atoms with E-state index in [0.717, 1.165) is 43.4 Å². The number of hydrogen-bond acceptors (Lipinski definition) is 7. The molecule has 30 heavy (non-hydrogen) atoms. The third-order valence-corrected chi connectivity index (χ3v) is 8.03. The molecule has 0 spiro atoms. The molecule has 2 saturated heterocycles. The molecule has 4 rings (SSSR count). The fourth-order valence-electron chi connectivity index (χ4n) is 5.62. The summed E-state index contributed by atoms with van der Waals surface area (Å²) < 4.78 is 12.7. The first-order valence-corrected chi connectivity index (χ1v) is 11.7.